The van der Waals surface area contributed by atoms with Crippen molar-refractivity contribution in [1.29, 1.82) is 0 Å². The van der Waals surface area contributed by atoms with Crippen LogP contribution in [-0.4, -0.2) is 54.8 Å². The summed E-state index contributed by atoms with van der Waals surface area (Å²) in [6, 6.07) is -0.420. The molecule has 0 aromatic carbocycles. The van der Waals surface area contributed by atoms with Crippen LogP contribution in [0.2, 0.25) is 0 Å². The zero-order valence-corrected chi connectivity index (χ0v) is 13.4. The van der Waals surface area contributed by atoms with Crippen LogP contribution in [0.25, 0.3) is 0 Å². The van der Waals surface area contributed by atoms with E-state index in [-0.39, 0.29) is 47.7 Å². The van der Waals surface area contributed by atoms with Crippen molar-refractivity contribution in [2.45, 2.75) is 38.5 Å². The number of piperidine rings is 2. The van der Waals surface area contributed by atoms with Gasteiger partial charge in [0.05, 0.1) is 38.1 Å². The first-order valence-electron chi connectivity index (χ1n) is 7.40. The summed E-state index contributed by atoms with van der Waals surface area (Å²) in [4.78, 5) is 37.7. The van der Waals surface area contributed by atoms with Gasteiger partial charge in [0.1, 0.15) is 5.60 Å². The molecule has 0 aromatic rings. The number of fused-ring (bicyclic) bond motifs is 3. The number of methoxy groups -OCH3 is 2. The molecule has 7 nitrogen and oxygen atoms in total. The first kappa shape index (κ1) is 15.1. The molecule has 1 aliphatic heterocycles. The van der Waals surface area contributed by atoms with Crippen LogP contribution in [0.4, 0.5) is 4.79 Å². The maximum Gasteiger partial charge on any atom is 0.410 e. The Morgan fingerprint density at radius 2 is 1.27 bits per heavy atom. The van der Waals surface area contributed by atoms with Gasteiger partial charge in [0.15, 0.2) is 0 Å². The van der Waals surface area contributed by atoms with Crippen LogP contribution in [0, 0.1) is 23.7 Å². The van der Waals surface area contributed by atoms with Gasteiger partial charge in [-0.2, -0.15) is 0 Å². The van der Waals surface area contributed by atoms with E-state index in [2.05, 4.69) is 0 Å². The molecule has 7 heteroatoms. The second kappa shape index (κ2) is 4.60. The number of carbonyl (C=O) groups is 3. The number of carbonyl (C=O) groups excluding carboxylic acids is 3. The average molecular weight is 311 g/mol. The Morgan fingerprint density at radius 1 is 0.864 bits per heavy atom. The molecule has 122 valence electrons. The lowest BCUT2D eigenvalue weighted by atomic mass is 10.2. The maximum atomic E-state index is 12.4. The van der Waals surface area contributed by atoms with Gasteiger partial charge in [-0.25, -0.2) is 4.79 Å². The molecule has 0 radical (unpaired) electrons. The van der Waals surface area contributed by atoms with Crippen LogP contribution in [-0.2, 0) is 23.8 Å². The molecule has 0 bridgehead atoms. The van der Waals surface area contributed by atoms with Crippen molar-refractivity contribution >= 4 is 18.0 Å². The molecular weight excluding hydrogens is 290 g/mol. The highest BCUT2D eigenvalue weighted by molar-refractivity contribution is 5.86. The summed E-state index contributed by atoms with van der Waals surface area (Å²) in [5.74, 6) is -1.42. The molecule has 0 aromatic heterocycles. The first-order valence-corrected chi connectivity index (χ1v) is 7.40. The summed E-state index contributed by atoms with van der Waals surface area (Å²) in [7, 11) is 2.66. The topological polar surface area (TPSA) is 82.1 Å². The van der Waals surface area contributed by atoms with Crippen LogP contribution in [0.1, 0.15) is 20.8 Å². The van der Waals surface area contributed by atoms with E-state index in [9.17, 15) is 14.4 Å². The molecule has 6 atom stereocenters. The number of likely N-dealkylation sites (tertiary alicyclic amines) is 1. The zero-order chi connectivity index (χ0) is 16.4. The van der Waals surface area contributed by atoms with E-state index in [4.69, 9.17) is 14.2 Å². The Labute approximate surface area is 128 Å². The molecule has 3 fully saturated rings. The highest BCUT2D eigenvalue weighted by Crippen LogP contribution is 2.69. The van der Waals surface area contributed by atoms with Crippen LogP contribution < -0.4 is 0 Å². The molecule has 2 saturated carbocycles. The van der Waals surface area contributed by atoms with Gasteiger partial charge in [0, 0.05) is 11.8 Å². The fraction of sp³-hybridized carbons (Fsp3) is 0.800. The Morgan fingerprint density at radius 3 is 1.59 bits per heavy atom. The fourth-order valence-electron chi connectivity index (χ4n) is 3.91. The monoisotopic (exact) mass is 311 g/mol. The van der Waals surface area contributed by atoms with Crippen molar-refractivity contribution < 1.29 is 28.6 Å². The Hall–Kier alpha value is -1.79. The van der Waals surface area contributed by atoms with E-state index < -0.39 is 11.7 Å². The van der Waals surface area contributed by atoms with E-state index in [1.807, 2.05) is 0 Å². The molecule has 0 spiro atoms. The molecule has 1 heterocycles. The number of rotatable bonds is 2. The van der Waals surface area contributed by atoms with Crippen LogP contribution in [0.5, 0.6) is 0 Å². The minimum absolute atomic E-state index is 0.0194. The van der Waals surface area contributed by atoms with E-state index in [0.29, 0.717) is 0 Å². The second-order valence-corrected chi connectivity index (χ2v) is 7.12. The van der Waals surface area contributed by atoms with Crippen molar-refractivity contribution in [2.75, 3.05) is 14.2 Å². The molecule has 1 amide bonds. The lowest BCUT2D eigenvalue weighted by Gasteiger charge is -2.27. The quantitative estimate of drug-likeness (QED) is 0.554. The second-order valence-electron chi connectivity index (χ2n) is 7.12. The third-order valence-electron chi connectivity index (χ3n) is 4.71. The summed E-state index contributed by atoms with van der Waals surface area (Å²) in [6.07, 6.45) is -0.479. The fourth-order valence-corrected chi connectivity index (χ4v) is 3.91. The Kier molecular flexibility index (Phi) is 3.16. The predicted molar refractivity (Wildman–Crippen MR) is 73.6 cm³/mol. The normalized spacial score (nSPS) is 37.8. The molecule has 2 aliphatic carbocycles. The first-order chi connectivity index (χ1) is 10.2. The molecule has 0 unspecified atom stereocenters. The summed E-state index contributed by atoms with van der Waals surface area (Å²) in [5, 5.41) is 0. The maximum absolute atomic E-state index is 12.4. The highest BCUT2D eigenvalue weighted by Gasteiger charge is 2.82. The van der Waals surface area contributed by atoms with Gasteiger partial charge in [0.25, 0.3) is 0 Å². The van der Waals surface area contributed by atoms with E-state index in [1.54, 1.807) is 25.7 Å². The summed E-state index contributed by atoms with van der Waals surface area (Å²) < 4.78 is 15.0. The summed E-state index contributed by atoms with van der Waals surface area (Å²) >= 11 is 0. The molecule has 3 rings (SSSR count). The summed E-state index contributed by atoms with van der Waals surface area (Å²) in [6.45, 7) is 5.35. The van der Waals surface area contributed by atoms with Crippen LogP contribution in [0.3, 0.4) is 0 Å². The van der Waals surface area contributed by atoms with Gasteiger partial charge in [0.2, 0.25) is 0 Å². The van der Waals surface area contributed by atoms with Gasteiger partial charge >= 0.3 is 18.0 Å². The number of nitrogens with zero attached hydrogens (tertiary/aromatic N) is 1. The predicted octanol–water partition coefficient (Wildman–Crippen LogP) is 0.812. The smallest absolute Gasteiger partial charge is 0.410 e. The van der Waals surface area contributed by atoms with E-state index in [1.165, 1.54) is 14.2 Å². The van der Waals surface area contributed by atoms with Crippen molar-refractivity contribution in [1.82, 2.24) is 4.90 Å². The van der Waals surface area contributed by atoms with Gasteiger partial charge in [-0.05, 0) is 20.8 Å². The van der Waals surface area contributed by atoms with Gasteiger partial charge in [-0.15, -0.1) is 0 Å². The Bertz CT molecular complexity index is 505. The molecule has 1 saturated heterocycles. The number of amides is 1. The lowest BCUT2D eigenvalue weighted by Crippen LogP contribution is -2.41. The molecule has 3 aliphatic rings. The summed E-state index contributed by atoms with van der Waals surface area (Å²) in [5.41, 5.74) is -0.629. The van der Waals surface area contributed by atoms with Crippen molar-refractivity contribution in [3.63, 3.8) is 0 Å². The number of esters is 2. The molecule has 0 N–H and O–H groups in total. The SMILES string of the molecule is COC(=O)[C@@H]1[C@H]2[C@@H]3[C@@H](C(=O)OC)[C@@H]3N(C(=O)OC(C)(C)C)[C@@H]12. The third-order valence-corrected chi connectivity index (χ3v) is 4.71. The average Bonchev–Trinajstić information content (AvgIpc) is 3.29. The number of hydrogen-bond acceptors (Lipinski definition) is 6. The largest absolute Gasteiger partial charge is 0.469 e. The Balaban J connectivity index is 1.80. The minimum Gasteiger partial charge on any atom is -0.469 e. The van der Waals surface area contributed by atoms with E-state index in [0.717, 1.165) is 0 Å². The lowest BCUT2D eigenvalue weighted by molar-refractivity contribution is -0.144. The molecular formula is C15H21NO6. The number of ether oxygens (including phenoxy) is 3. The zero-order valence-electron chi connectivity index (χ0n) is 13.4. The highest BCUT2D eigenvalue weighted by atomic mass is 16.6. The molecule has 22 heavy (non-hydrogen) atoms. The standard InChI is InChI=1S/C15H21NO6/c1-15(2,3)22-14(19)16-10-6(8(10)12(17)20-4)7-9(11(7)16)13(18)21-5/h6-11H,1-5H3/t6-,7-,8-,9-,10-,11-/m1/s1. The van der Waals surface area contributed by atoms with Gasteiger partial charge < -0.3 is 14.2 Å². The van der Waals surface area contributed by atoms with Gasteiger partial charge in [-0.1, -0.05) is 0 Å². The van der Waals surface area contributed by atoms with Crippen molar-refractivity contribution in [3.05, 3.63) is 0 Å². The van der Waals surface area contributed by atoms with E-state index >= 15 is 0 Å². The van der Waals surface area contributed by atoms with Crippen molar-refractivity contribution in [2.24, 2.45) is 23.7 Å². The van der Waals surface area contributed by atoms with Gasteiger partial charge in [-0.3, -0.25) is 14.5 Å². The number of hydrogen-bond donors (Lipinski definition) is 0. The minimum atomic E-state index is -0.629. The van der Waals surface area contributed by atoms with Crippen LogP contribution >= 0.6 is 0 Å². The third kappa shape index (κ3) is 2.06. The van der Waals surface area contributed by atoms with Crippen LogP contribution in [0.15, 0.2) is 0 Å². The van der Waals surface area contributed by atoms with Crippen molar-refractivity contribution in [3.8, 4) is 0 Å².